The summed E-state index contributed by atoms with van der Waals surface area (Å²) in [6, 6.07) is 4.38. The number of anilines is 1. The van der Waals surface area contributed by atoms with E-state index in [1.54, 1.807) is 19.1 Å². The van der Waals surface area contributed by atoms with Crippen LogP contribution in [0.15, 0.2) is 24.3 Å². The molecule has 1 aromatic heterocycles. The molecule has 0 saturated carbocycles. The summed E-state index contributed by atoms with van der Waals surface area (Å²) < 4.78 is 35.0. The Bertz CT molecular complexity index is 1180. The molecule has 1 N–H and O–H groups in total. The molecule has 32 heavy (non-hydrogen) atoms. The largest absolute Gasteiger partial charge is 0.495 e. The highest BCUT2D eigenvalue weighted by molar-refractivity contribution is 7.91. The minimum Gasteiger partial charge on any atom is -0.495 e. The number of amides is 1. The fraction of sp³-hybridized carbons (Fsp3) is 0.350. The summed E-state index contributed by atoms with van der Waals surface area (Å²) in [5.41, 5.74) is 1.36. The van der Waals surface area contributed by atoms with Crippen LogP contribution in [-0.4, -0.2) is 55.3 Å². The van der Waals surface area contributed by atoms with Crippen LogP contribution >= 0.6 is 23.2 Å². The van der Waals surface area contributed by atoms with Crippen molar-refractivity contribution >= 4 is 56.7 Å². The van der Waals surface area contributed by atoms with Gasteiger partial charge in [-0.1, -0.05) is 23.2 Å². The van der Waals surface area contributed by atoms with E-state index in [0.717, 1.165) is 6.08 Å². The van der Waals surface area contributed by atoms with Gasteiger partial charge in [-0.05, 0) is 37.6 Å². The number of hydrogen-bond donors (Lipinski definition) is 1. The second-order valence-electron chi connectivity index (χ2n) is 7.13. The molecule has 1 atom stereocenters. The smallest absolute Gasteiger partial charge is 0.331 e. The number of sulfone groups is 1. The Morgan fingerprint density at radius 1 is 1.34 bits per heavy atom. The van der Waals surface area contributed by atoms with Gasteiger partial charge in [0.2, 0.25) is 0 Å². The van der Waals surface area contributed by atoms with E-state index in [4.69, 9.17) is 32.7 Å². The summed E-state index contributed by atoms with van der Waals surface area (Å²) in [4.78, 5) is 24.1. The first kappa shape index (κ1) is 24.1. The highest BCUT2D eigenvalue weighted by Crippen LogP contribution is 2.30. The molecule has 0 radical (unpaired) electrons. The molecule has 2 aromatic rings. The maximum absolute atomic E-state index is 12.1. The lowest BCUT2D eigenvalue weighted by Gasteiger charge is -2.10. The van der Waals surface area contributed by atoms with Gasteiger partial charge in [0, 0.05) is 16.7 Å². The predicted molar refractivity (Wildman–Crippen MR) is 121 cm³/mol. The molecule has 1 amide bonds. The number of hydrogen-bond acceptors (Lipinski definition) is 7. The zero-order chi connectivity index (χ0) is 23.5. The standard InChI is InChI=1S/C20H21Cl2N3O6S/c1-12-15(20(22)25(24-12)14-7-8-32(28,29)11-14)4-6-19(27)31-10-18(26)23-16-9-13(21)3-5-17(16)30-2/h3-6,9,14H,7-8,10-11H2,1-2H3,(H,23,26)/b6-4+/t14-/m0/s1. The van der Waals surface area contributed by atoms with Gasteiger partial charge in [0.15, 0.2) is 16.4 Å². The first-order chi connectivity index (χ1) is 15.1. The lowest BCUT2D eigenvalue weighted by atomic mass is 10.2. The number of nitrogens with zero attached hydrogens (tertiary/aromatic N) is 2. The summed E-state index contributed by atoms with van der Waals surface area (Å²) in [6.45, 7) is 1.17. The minimum absolute atomic E-state index is 0.0223. The van der Waals surface area contributed by atoms with Gasteiger partial charge in [-0.25, -0.2) is 17.9 Å². The minimum atomic E-state index is -3.10. The lowest BCUT2D eigenvalue weighted by molar-refractivity contribution is -0.142. The number of benzene rings is 1. The normalized spacial score (nSPS) is 17.4. The Morgan fingerprint density at radius 3 is 2.75 bits per heavy atom. The number of carbonyl (C=O) groups is 2. The summed E-state index contributed by atoms with van der Waals surface area (Å²) in [5.74, 6) is -0.855. The number of carbonyl (C=O) groups excluding carboxylic acids is 2. The summed E-state index contributed by atoms with van der Waals surface area (Å²) in [7, 11) is -1.65. The van der Waals surface area contributed by atoms with Gasteiger partial charge in [0.05, 0.1) is 36.0 Å². The number of aromatic nitrogens is 2. The van der Waals surface area contributed by atoms with Crippen LogP contribution < -0.4 is 10.1 Å². The van der Waals surface area contributed by atoms with Crippen molar-refractivity contribution < 1.29 is 27.5 Å². The quantitative estimate of drug-likeness (QED) is 0.457. The maximum Gasteiger partial charge on any atom is 0.331 e. The van der Waals surface area contributed by atoms with Gasteiger partial charge in [-0.15, -0.1) is 0 Å². The van der Waals surface area contributed by atoms with Gasteiger partial charge in [0.1, 0.15) is 10.9 Å². The van der Waals surface area contributed by atoms with Crippen molar-refractivity contribution in [2.75, 3.05) is 30.5 Å². The van der Waals surface area contributed by atoms with Crippen molar-refractivity contribution in [3.8, 4) is 5.75 Å². The molecule has 1 aliphatic heterocycles. The highest BCUT2D eigenvalue weighted by Gasteiger charge is 2.31. The summed E-state index contributed by atoms with van der Waals surface area (Å²) >= 11 is 12.3. The van der Waals surface area contributed by atoms with E-state index in [1.807, 2.05) is 0 Å². The zero-order valence-electron chi connectivity index (χ0n) is 17.3. The van der Waals surface area contributed by atoms with Crippen molar-refractivity contribution in [2.45, 2.75) is 19.4 Å². The van der Waals surface area contributed by atoms with Gasteiger partial charge in [-0.2, -0.15) is 5.10 Å². The molecule has 0 aliphatic carbocycles. The number of halogens is 2. The molecule has 12 heteroatoms. The van der Waals surface area contributed by atoms with E-state index in [0.29, 0.717) is 34.1 Å². The molecule has 1 fully saturated rings. The topological polar surface area (TPSA) is 117 Å². The third-order valence-electron chi connectivity index (χ3n) is 4.79. The Labute approximate surface area is 195 Å². The Balaban J connectivity index is 1.59. The molecular formula is C20H21Cl2N3O6S. The van der Waals surface area contributed by atoms with Gasteiger partial charge in [-0.3, -0.25) is 4.79 Å². The Kier molecular flexibility index (Phi) is 7.47. The third-order valence-corrected chi connectivity index (χ3v) is 7.15. The Hall–Kier alpha value is -2.56. The van der Waals surface area contributed by atoms with Crippen LogP contribution in [0.3, 0.4) is 0 Å². The molecule has 0 spiro atoms. The number of methoxy groups -OCH3 is 1. The fourth-order valence-electron chi connectivity index (χ4n) is 3.23. The first-order valence-corrected chi connectivity index (χ1v) is 12.1. The molecular weight excluding hydrogens is 481 g/mol. The summed E-state index contributed by atoms with van der Waals surface area (Å²) in [5, 5.41) is 7.51. The summed E-state index contributed by atoms with van der Waals surface area (Å²) in [6.07, 6.45) is 2.98. The molecule has 0 unspecified atom stereocenters. The van der Waals surface area contributed by atoms with E-state index < -0.39 is 28.3 Å². The predicted octanol–water partition coefficient (Wildman–Crippen LogP) is 3.06. The average molecular weight is 502 g/mol. The van der Waals surface area contributed by atoms with Crippen LogP contribution in [-0.2, 0) is 24.2 Å². The number of rotatable bonds is 7. The monoisotopic (exact) mass is 501 g/mol. The van der Waals surface area contributed by atoms with E-state index in [9.17, 15) is 18.0 Å². The second-order valence-corrected chi connectivity index (χ2v) is 10.1. The van der Waals surface area contributed by atoms with Crippen molar-refractivity contribution in [3.05, 3.63) is 45.7 Å². The van der Waals surface area contributed by atoms with Crippen LogP contribution in [0.5, 0.6) is 5.75 Å². The van der Waals surface area contributed by atoms with Gasteiger partial charge in [0.25, 0.3) is 5.91 Å². The van der Waals surface area contributed by atoms with Crippen molar-refractivity contribution in [2.24, 2.45) is 0 Å². The van der Waals surface area contributed by atoms with E-state index in [2.05, 4.69) is 10.4 Å². The number of esters is 1. The molecule has 2 heterocycles. The fourth-order valence-corrected chi connectivity index (χ4v) is 5.47. The first-order valence-electron chi connectivity index (χ1n) is 9.53. The van der Waals surface area contributed by atoms with Gasteiger partial charge >= 0.3 is 5.97 Å². The van der Waals surface area contributed by atoms with Crippen LogP contribution in [0.4, 0.5) is 5.69 Å². The van der Waals surface area contributed by atoms with Crippen LogP contribution in [0.1, 0.15) is 23.7 Å². The van der Waals surface area contributed by atoms with E-state index in [1.165, 1.54) is 23.9 Å². The van der Waals surface area contributed by atoms with Crippen LogP contribution in [0.25, 0.3) is 6.08 Å². The maximum atomic E-state index is 12.1. The molecule has 1 aliphatic rings. The molecule has 0 bridgehead atoms. The lowest BCUT2D eigenvalue weighted by Crippen LogP contribution is -2.20. The molecule has 1 aromatic carbocycles. The number of nitrogens with one attached hydrogen (secondary N) is 1. The van der Waals surface area contributed by atoms with Crippen LogP contribution in [0.2, 0.25) is 10.2 Å². The molecule has 9 nitrogen and oxygen atoms in total. The third kappa shape index (κ3) is 5.81. The second kappa shape index (κ2) is 9.93. The van der Waals surface area contributed by atoms with E-state index >= 15 is 0 Å². The number of ether oxygens (including phenoxy) is 2. The SMILES string of the molecule is COc1ccc(Cl)cc1NC(=O)COC(=O)/C=C/c1c(C)nn([C@H]2CCS(=O)(=O)C2)c1Cl. The number of aryl methyl sites for hydroxylation is 1. The zero-order valence-corrected chi connectivity index (χ0v) is 19.6. The molecule has 172 valence electrons. The van der Waals surface area contributed by atoms with E-state index in [-0.39, 0.29) is 22.7 Å². The highest BCUT2D eigenvalue weighted by atomic mass is 35.5. The average Bonchev–Trinajstić information content (AvgIpc) is 3.23. The Morgan fingerprint density at radius 2 is 2.09 bits per heavy atom. The van der Waals surface area contributed by atoms with Crippen molar-refractivity contribution in [1.29, 1.82) is 0 Å². The van der Waals surface area contributed by atoms with Crippen molar-refractivity contribution in [3.63, 3.8) is 0 Å². The molecule has 1 saturated heterocycles. The van der Waals surface area contributed by atoms with Crippen molar-refractivity contribution in [1.82, 2.24) is 9.78 Å². The molecule has 3 rings (SSSR count). The van der Waals surface area contributed by atoms with Crippen LogP contribution in [0, 0.1) is 6.92 Å². The van der Waals surface area contributed by atoms with Gasteiger partial charge < -0.3 is 14.8 Å².